The number of hydrogen-bond donors (Lipinski definition) is 0. The molecule has 0 fully saturated rings. The van der Waals surface area contributed by atoms with E-state index in [1.165, 1.54) is 6.42 Å². The molecule has 0 aromatic carbocycles. The SMILES string of the molecule is CCCC(Cc1ccccn1)Cn1cnnn1. The van der Waals surface area contributed by atoms with Gasteiger partial charge in [0, 0.05) is 18.4 Å². The van der Waals surface area contributed by atoms with E-state index in [1.54, 1.807) is 11.0 Å². The first-order valence-electron chi connectivity index (χ1n) is 5.99. The number of pyridine rings is 1. The van der Waals surface area contributed by atoms with E-state index in [1.807, 2.05) is 18.3 Å². The maximum Gasteiger partial charge on any atom is 0.138 e. The predicted molar refractivity (Wildman–Crippen MR) is 64.2 cm³/mol. The standard InChI is InChI=1S/C12H17N5/c1-2-5-11(9-17-10-14-15-16-17)8-12-6-3-4-7-13-12/h3-4,6-7,10-11H,2,5,8-9H2,1H3. The smallest absolute Gasteiger partial charge is 0.138 e. The number of hydrogen-bond acceptors (Lipinski definition) is 4. The molecular formula is C12H17N5. The van der Waals surface area contributed by atoms with Gasteiger partial charge in [-0.05, 0) is 41.3 Å². The van der Waals surface area contributed by atoms with Crippen LogP contribution in [0.2, 0.25) is 0 Å². The summed E-state index contributed by atoms with van der Waals surface area (Å²) in [4.78, 5) is 4.37. The van der Waals surface area contributed by atoms with Gasteiger partial charge in [0.05, 0.1) is 0 Å². The van der Waals surface area contributed by atoms with Crippen LogP contribution < -0.4 is 0 Å². The van der Waals surface area contributed by atoms with Crippen molar-refractivity contribution in [2.45, 2.75) is 32.7 Å². The molecule has 0 saturated heterocycles. The zero-order chi connectivity index (χ0) is 11.9. The Hall–Kier alpha value is -1.78. The molecule has 0 aliphatic rings. The van der Waals surface area contributed by atoms with E-state index in [0.29, 0.717) is 5.92 Å². The molecule has 17 heavy (non-hydrogen) atoms. The van der Waals surface area contributed by atoms with Crippen LogP contribution >= 0.6 is 0 Å². The molecular weight excluding hydrogens is 214 g/mol. The second kappa shape index (κ2) is 6.08. The van der Waals surface area contributed by atoms with E-state index in [9.17, 15) is 0 Å². The lowest BCUT2D eigenvalue weighted by atomic mass is 9.97. The number of rotatable bonds is 6. The molecule has 1 unspecified atom stereocenters. The van der Waals surface area contributed by atoms with Gasteiger partial charge >= 0.3 is 0 Å². The quantitative estimate of drug-likeness (QED) is 0.759. The summed E-state index contributed by atoms with van der Waals surface area (Å²) < 4.78 is 1.79. The Morgan fingerprint density at radius 2 is 2.29 bits per heavy atom. The summed E-state index contributed by atoms with van der Waals surface area (Å²) in [5, 5.41) is 11.2. The molecule has 5 nitrogen and oxygen atoms in total. The van der Waals surface area contributed by atoms with Crippen LogP contribution in [0.25, 0.3) is 0 Å². The highest BCUT2D eigenvalue weighted by Crippen LogP contribution is 2.14. The Labute approximate surface area is 101 Å². The average Bonchev–Trinajstić information content (AvgIpc) is 2.83. The van der Waals surface area contributed by atoms with Gasteiger partial charge in [0.2, 0.25) is 0 Å². The first kappa shape index (κ1) is 11.7. The summed E-state index contributed by atoms with van der Waals surface area (Å²) in [7, 11) is 0. The summed E-state index contributed by atoms with van der Waals surface area (Å²) >= 11 is 0. The molecule has 0 N–H and O–H groups in total. The maximum atomic E-state index is 4.37. The van der Waals surface area contributed by atoms with Crippen molar-refractivity contribution in [1.29, 1.82) is 0 Å². The maximum absolute atomic E-state index is 4.37. The summed E-state index contributed by atoms with van der Waals surface area (Å²) in [6.45, 7) is 3.06. The molecule has 0 aliphatic heterocycles. The highest BCUT2D eigenvalue weighted by molar-refractivity contribution is 5.04. The molecule has 2 rings (SSSR count). The summed E-state index contributed by atoms with van der Waals surface area (Å²) in [6, 6.07) is 6.05. The van der Waals surface area contributed by atoms with Gasteiger partial charge in [0.15, 0.2) is 0 Å². The zero-order valence-electron chi connectivity index (χ0n) is 10.0. The lowest BCUT2D eigenvalue weighted by Gasteiger charge is -2.14. The Morgan fingerprint density at radius 1 is 1.35 bits per heavy atom. The van der Waals surface area contributed by atoms with Crippen LogP contribution in [0.4, 0.5) is 0 Å². The van der Waals surface area contributed by atoms with E-state index < -0.39 is 0 Å². The summed E-state index contributed by atoms with van der Waals surface area (Å²) in [5.41, 5.74) is 1.14. The molecule has 2 aromatic rings. The Kier molecular flexibility index (Phi) is 4.18. The van der Waals surface area contributed by atoms with Gasteiger partial charge in [0.25, 0.3) is 0 Å². The molecule has 2 heterocycles. The van der Waals surface area contributed by atoms with Crippen molar-refractivity contribution >= 4 is 0 Å². The first-order valence-corrected chi connectivity index (χ1v) is 5.99. The minimum atomic E-state index is 0.540. The lowest BCUT2D eigenvalue weighted by Crippen LogP contribution is -2.14. The van der Waals surface area contributed by atoms with Crippen molar-refractivity contribution in [3.8, 4) is 0 Å². The fourth-order valence-electron chi connectivity index (χ4n) is 2.01. The molecule has 0 aliphatic carbocycles. The average molecular weight is 231 g/mol. The number of nitrogens with zero attached hydrogens (tertiary/aromatic N) is 5. The van der Waals surface area contributed by atoms with Crippen molar-refractivity contribution in [2.75, 3.05) is 0 Å². The molecule has 0 radical (unpaired) electrons. The van der Waals surface area contributed by atoms with Crippen molar-refractivity contribution in [1.82, 2.24) is 25.2 Å². The highest BCUT2D eigenvalue weighted by atomic mass is 15.5. The van der Waals surface area contributed by atoms with Crippen LogP contribution in [0.5, 0.6) is 0 Å². The molecule has 2 aromatic heterocycles. The lowest BCUT2D eigenvalue weighted by molar-refractivity contribution is 0.379. The predicted octanol–water partition coefficient (Wildman–Crippen LogP) is 1.73. The van der Waals surface area contributed by atoms with Gasteiger partial charge in [-0.15, -0.1) is 5.10 Å². The largest absolute Gasteiger partial charge is 0.261 e. The van der Waals surface area contributed by atoms with Gasteiger partial charge in [0.1, 0.15) is 6.33 Å². The molecule has 1 atom stereocenters. The van der Waals surface area contributed by atoms with E-state index >= 15 is 0 Å². The van der Waals surface area contributed by atoms with Crippen LogP contribution in [0, 0.1) is 5.92 Å². The van der Waals surface area contributed by atoms with E-state index in [2.05, 4.69) is 33.5 Å². The number of tetrazole rings is 1. The fourth-order valence-corrected chi connectivity index (χ4v) is 2.01. The Balaban J connectivity index is 1.97. The third kappa shape index (κ3) is 3.62. The van der Waals surface area contributed by atoms with E-state index in [-0.39, 0.29) is 0 Å². The summed E-state index contributed by atoms with van der Waals surface area (Å²) in [6.07, 6.45) is 6.82. The minimum Gasteiger partial charge on any atom is -0.261 e. The first-order chi connectivity index (χ1) is 8.38. The van der Waals surface area contributed by atoms with Crippen molar-refractivity contribution in [3.05, 3.63) is 36.4 Å². The topological polar surface area (TPSA) is 56.5 Å². The van der Waals surface area contributed by atoms with E-state index in [0.717, 1.165) is 25.1 Å². The molecule has 0 saturated carbocycles. The van der Waals surface area contributed by atoms with Crippen LogP contribution in [-0.2, 0) is 13.0 Å². The van der Waals surface area contributed by atoms with Gasteiger partial charge in [-0.3, -0.25) is 4.98 Å². The van der Waals surface area contributed by atoms with Crippen LogP contribution in [0.1, 0.15) is 25.5 Å². The highest BCUT2D eigenvalue weighted by Gasteiger charge is 2.11. The summed E-state index contributed by atoms with van der Waals surface area (Å²) in [5.74, 6) is 0.540. The van der Waals surface area contributed by atoms with Crippen LogP contribution in [0.15, 0.2) is 30.7 Å². The third-order valence-corrected chi connectivity index (χ3v) is 2.76. The van der Waals surface area contributed by atoms with Gasteiger partial charge in [-0.25, -0.2) is 4.68 Å². The molecule has 0 bridgehead atoms. The zero-order valence-corrected chi connectivity index (χ0v) is 10.0. The normalized spacial score (nSPS) is 12.5. The molecule has 0 amide bonds. The second-order valence-electron chi connectivity index (χ2n) is 4.21. The molecule has 5 heteroatoms. The Bertz CT molecular complexity index is 412. The van der Waals surface area contributed by atoms with Gasteiger partial charge in [-0.1, -0.05) is 19.4 Å². The van der Waals surface area contributed by atoms with Crippen molar-refractivity contribution < 1.29 is 0 Å². The van der Waals surface area contributed by atoms with Crippen LogP contribution in [0.3, 0.4) is 0 Å². The van der Waals surface area contributed by atoms with Crippen molar-refractivity contribution in [2.24, 2.45) is 5.92 Å². The van der Waals surface area contributed by atoms with E-state index in [4.69, 9.17) is 0 Å². The monoisotopic (exact) mass is 231 g/mol. The minimum absolute atomic E-state index is 0.540. The molecule has 90 valence electrons. The second-order valence-corrected chi connectivity index (χ2v) is 4.21. The Morgan fingerprint density at radius 3 is 2.94 bits per heavy atom. The van der Waals surface area contributed by atoms with Crippen molar-refractivity contribution in [3.63, 3.8) is 0 Å². The van der Waals surface area contributed by atoms with Crippen LogP contribution in [-0.4, -0.2) is 25.2 Å². The number of aromatic nitrogens is 5. The van der Waals surface area contributed by atoms with Gasteiger partial charge in [-0.2, -0.15) is 0 Å². The van der Waals surface area contributed by atoms with Gasteiger partial charge < -0.3 is 0 Å². The molecule has 0 spiro atoms. The third-order valence-electron chi connectivity index (χ3n) is 2.76. The fraction of sp³-hybridized carbons (Fsp3) is 0.500.